The molecule has 0 bridgehead atoms. The molecule has 3 heteroatoms. The van der Waals surface area contributed by atoms with E-state index in [1.165, 1.54) is 6.07 Å². The van der Waals surface area contributed by atoms with E-state index in [1.807, 2.05) is 18.2 Å². The molecule has 15 heavy (non-hydrogen) atoms. The molecule has 2 nitrogen and oxygen atoms in total. The van der Waals surface area contributed by atoms with Gasteiger partial charge >= 0.3 is 0 Å². The second kappa shape index (κ2) is 3.19. The Hall–Kier alpha value is -1.64. The zero-order valence-electron chi connectivity index (χ0n) is 8.15. The van der Waals surface area contributed by atoms with Crippen LogP contribution in [0.5, 0.6) is 0 Å². The number of hydrogen-bond donors (Lipinski definition) is 1. The minimum absolute atomic E-state index is 0.0930. The SMILES string of the molecule is Fc1ccccc1C1CC1c1ccn[nH]1. The molecule has 76 valence electrons. The van der Waals surface area contributed by atoms with Gasteiger partial charge in [-0.3, -0.25) is 5.10 Å². The molecule has 0 amide bonds. The Bertz CT molecular complexity index is 464. The molecule has 1 aromatic heterocycles. The van der Waals surface area contributed by atoms with Crippen molar-refractivity contribution < 1.29 is 4.39 Å². The summed E-state index contributed by atoms with van der Waals surface area (Å²) < 4.78 is 13.5. The number of hydrogen-bond acceptors (Lipinski definition) is 1. The Morgan fingerprint density at radius 2 is 2.07 bits per heavy atom. The Kier molecular flexibility index (Phi) is 1.84. The molecule has 2 atom stereocenters. The van der Waals surface area contributed by atoms with Crippen molar-refractivity contribution in [2.45, 2.75) is 18.3 Å². The predicted molar refractivity (Wildman–Crippen MR) is 55.1 cm³/mol. The summed E-state index contributed by atoms with van der Waals surface area (Å²) in [6.45, 7) is 0. The third kappa shape index (κ3) is 1.44. The third-order valence-corrected chi connectivity index (χ3v) is 3.02. The van der Waals surface area contributed by atoms with Crippen molar-refractivity contribution in [2.24, 2.45) is 0 Å². The lowest BCUT2D eigenvalue weighted by Gasteiger charge is -2.00. The molecule has 0 saturated heterocycles. The highest BCUT2D eigenvalue weighted by atomic mass is 19.1. The highest BCUT2D eigenvalue weighted by Crippen LogP contribution is 2.54. The van der Waals surface area contributed by atoms with Crippen LogP contribution in [0.1, 0.15) is 29.5 Å². The fourth-order valence-corrected chi connectivity index (χ4v) is 2.13. The number of nitrogens with one attached hydrogen (secondary N) is 1. The Labute approximate surface area is 87.1 Å². The van der Waals surface area contributed by atoms with E-state index in [2.05, 4.69) is 10.2 Å². The van der Waals surface area contributed by atoms with E-state index < -0.39 is 0 Å². The van der Waals surface area contributed by atoms with Crippen molar-refractivity contribution >= 4 is 0 Å². The number of aromatic nitrogens is 2. The Morgan fingerprint density at radius 3 is 2.80 bits per heavy atom. The molecule has 1 heterocycles. The van der Waals surface area contributed by atoms with Crippen LogP contribution in [0.4, 0.5) is 4.39 Å². The molecule has 1 N–H and O–H groups in total. The van der Waals surface area contributed by atoms with Gasteiger partial charge in [-0.25, -0.2) is 4.39 Å². The van der Waals surface area contributed by atoms with Gasteiger partial charge in [0.2, 0.25) is 0 Å². The van der Waals surface area contributed by atoms with Crippen LogP contribution in [0.2, 0.25) is 0 Å². The van der Waals surface area contributed by atoms with Gasteiger partial charge < -0.3 is 0 Å². The number of aromatic amines is 1. The van der Waals surface area contributed by atoms with Gasteiger partial charge in [-0.2, -0.15) is 5.10 Å². The lowest BCUT2D eigenvalue weighted by molar-refractivity contribution is 0.609. The number of rotatable bonds is 2. The first kappa shape index (κ1) is 8.65. The van der Waals surface area contributed by atoms with E-state index in [4.69, 9.17) is 0 Å². The molecule has 0 spiro atoms. The van der Waals surface area contributed by atoms with Crippen LogP contribution < -0.4 is 0 Å². The largest absolute Gasteiger partial charge is 0.282 e. The van der Waals surface area contributed by atoms with E-state index in [1.54, 1.807) is 12.3 Å². The molecule has 3 rings (SSSR count). The third-order valence-electron chi connectivity index (χ3n) is 3.02. The van der Waals surface area contributed by atoms with E-state index in [0.717, 1.165) is 17.7 Å². The predicted octanol–water partition coefficient (Wildman–Crippen LogP) is 2.82. The summed E-state index contributed by atoms with van der Waals surface area (Å²) in [7, 11) is 0. The van der Waals surface area contributed by atoms with Gasteiger partial charge in [-0.05, 0) is 30.0 Å². The first-order valence-corrected chi connectivity index (χ1v) is 5.10. The normalized spacial score (nSPS) is 24.1. The minimum atomic E-state index is -0.0930. The zero-order chi connectivity index (χ0) is 10.3. The van der Waals surface area contributed by atoms with Crippen molar-refractivity contribution in [3.8, 4) is 0 Å². The van der Waals surface area contributed by atoms with Crippen molar-refractivity contribution in [3.63, 3.8) is 0 Å². The van der Waals surface area contributed by atoms with Crippen molar-refractivity contribution in [1.82, 2.24) is 10.2 Å². The van der Waals surface area contributed by atoms with Crippen LogP contribution in [0.25, 0.3) is 0 Å². The first-order chi connectivity index (χ1) is 7.36. The van der Waals surface area contributed by atoms with Gasteiger partial charge in [0, 0.05) is 17.8 Å². The summed E-state index contributed by atoms with van der Waals surface area (Å²) >= 11 is 0. The standard InChI is InChI=1S/C12H11FN2/c13-11-4-2-1-3-8(11)9-7-10(9)12-5-6-14-15-12/h1-6,9-10H,7H2,(H,14,15). The second-order valence-corrected chi connectivity index (χ2v) is 3.98. The quantitative estimate of drug-likeness (QED) is 0.797. The highest BCUT2D eigenvalue weighted by Gasteiger charge is 2.41. The summed E-state index contributed by atoms with van der Waals surface area (Å²) in [6, 6.07) is 8.98. The van der Waals surface area contributed by atoms with Crippen molar-refractivity contribution in [2.75, 3.05) is 0 Å². The lowest BCUT2D eigenvalue weighted by Crippen LogP contribution is -1.88. The van der Waals surface area contributed by atoms with Crippen LogP contribution in [-0.2, 0) is 0 Å². The molecular formula is C12H11FN2. The Balaban J connectivity index is 1.86. The number of nitrogens with zero attached hydrogens (tertiary/aromatic N) is 1. The molecule has 1 fully saturated rings. The molecule has 2 aromatic rings. The lowest BCUT2D eigenvalue weighted by atomic mass is 10.1. The van der Waals surface area contributed by atoms with Crippen LogP contribution in [0.15, 0.2) is 36.5 Å². The zero-order valence-corrected chi connectivity index (χ0v) is 8.15. The average molecular weight is 202 g/mol. The summed E-state index contributed by atoms with van der Waals surface area (Å²) in [6.07, 6.45) is 2.76. The van der Waals surface area contributed by atoms with Crippen LogP contribution in [-0.4, -0.2) is 10.2 Å². The summed E-state index contributed by atoms with van der Waals surface area (Å²) in [5.41, 5.74) is 1.94. The van der Waals surface area contributed by atoms with Crippen LogP contribution >= 0.6 is 0 Å². The van der Waals surface area contributed by atoms with E-state index in [-0.39, 0.29) is 5.82 Å². The number of halogens is 1. The van der Waals surface area contributed by atoms with Crippen molar-refractivity contribution in [3.05, 3.63) is 53.6 Å². The monoisotopic (exact) mass is 202 g/mol. The summed E-state index contributed by atoms with van der Waals surface area (Å²) in [4.78, 5) is 0. The van der Waals surface area contributed by atoms with Crippen LogP contribution in [0, 0.1) is 5.82 Å². The fourth-order valence-electron chi connectivity index (χ4n) is 2.13. The van der Waals surface area contributed by atoms with Gasteiger partial charge in [-0.1, -0.05) is 18.2 Å². The molecule has 1 aromatic carbocycles. The maximum absolute atomic E-state index is 13.5. The molecule has 1 saturated carbocycles. The number of H-pyrrole nitrogens is 1. The number of benzene rings is 1. The second-order valence-electron chi connectivity index (χ2n) is 3.98. The molecule has 1 aliphatic carbocycles. The van der Waals surface area contributed by atoms with E-state index >= 15 is 0 Å². The van der Waals surface area contributed by atoms with Gasteiger partial charge in [0.1, 0.15) is 5.82 Å². The molecule has 1 aliphatic rings. The molecular weight excluding hydrogens is 191 g/mol. The smallest absolute Gasteiger partial charge is 0.126 e. The molecule has 0 radical (unpaired) electrons. The van der Waals surface area contributed by atoms with E-state index in [9.17, 15) is 4.39 Å². The first-order valence-electron chi connectivity index (χ1n) is 5.10. The molecule has 2 unspecified atom stereocenters. The summed E-state index contributed by atoms with van der Waals surface area (Å²) in [5.74, 6) is 0.653. The van der Waals surface area contributed by atoms with E-state index in [0.29, 0.717) is 11.8 Å². The average Bonchev–Trinajstić information content (AvgIpc) is 2.85. The maximum atomic E-state index is 13.5. The van der Waals surface area contributed by atoms with Crippen molar-refractivity contribution in [1.29, 1.82) is 0 Å². The maximum Gasteiger partial charge on any atom is 0.126 e. The highest BCUT2D eigenvalue weighted by molar-refractivity contribution is 5.33. The summed E-state index contributed by atoms with van der Waals surface area (Å²) in [5, 5.41) is 6.86. The Morgan fingerprint density at radius 1 is 1.20 bits per heavy atom. The van der Waals surface area contributed by atoms with Gasteiger partial charge in [0.25, 0.3) is 0 Å². The van der Waals surface area contributed by atoms with Crippen LogP contribution in [0.3, 0.4) is 0 Å². The molecule has 0 aliphatic heterocycles. The fraction of sp³-hybridized carbons (Fsp3) is 0.250. The minimum Gasteiger partial charge on any atom is -0.282 e. The van der Waals surface area contributed by atoms with Gasteiger partial charge in [-0.15, -0.1) is 0 Å². The van der Waals surface area contributed by atoms with Gasteiger partial charge in [0.05, 0.1) is 0 Å². The topological polar surface area (TPSA) is 28.7 Å². The van der Waals surface area contributed by atoms with Gasteiger partial charge in [0.15, 0.2) is 0 Å².